The summed E-state index contributed by atoms with van der Waals surface area (Å²) in [5.41, 5.74) is 2.76. The summed E-state index contributed by atoms with van der Waals surface area (Å²) in [6.07, 6.45) is 11.8. The van der Waals surface area contributed by atoms with E-state index in [1.165, 1.54) is 33.4 Å². The van der Waals surface area contributed by atoms with Gasteiger partial charge in [0.05, 0.1) is 7.05 Å². The van der Waals surface area contributed by atoms with E-state index in [1.54, 1.807) is 14.1 Å². The molecule has 2 aromatic carbocycles. The number of unbranched alkanes of at least 4 members (excludes halogenated alkanes) is 6. The summed E-state index contributed by atoms with van der Waals surface area (Å²) in [5, 5.41) is 22.2. The number of tetrazole rings is 2. The molecule has 2 heterocycles. The van der Waals surface area contributed by atoms with Crippen LogP contribution in [0.5, 0.6) is 0 Å². The van der Waals surface area contributed by atoms with Crippen molar-refractivity contribution in [2.24, 2.45) is 14.1 Å². The van der Waals surface area contributed by atoms with E-state index in [9.17, 15) is 9.59 Å². The number of Topliss-reactive ketones (excluding diaryl/α,β-unsaturated/α-hetero) is 2. The highest BCUT2D eigenvalue weighted by Gasteiger charge is 2.12. The Labute approximate surface area is 236 Å². The van der Waals surface area contributed by atoms with Crippen molar-refractivity contribution in [3.05, 3.63) is 83.4 Å². The van der Waals surface area contributed by atoms with Gasteiger partial charge < -0.3 is 0 Å². The molecule has 10 nitrogen and oxygen atoms in total. The average Bonchev–Trinajstić information content (AvgIpc) is 3.62. The Morgan fingerprint density at radius 2 is 1.15 bits per heavy atom. The fraction of sp³-hybridized carbons (Fsp3) is 0.467. The molecule has 0 bridgehead atoms. The Kier molecular flexibility index (Phi) is 13.3. The predicted molar refractivity (Wildman–Crippen MR) is 153 cm³/mol. The van der Waals surface area contributed by atoms with Crippen molar-refractivity contribution < 1.29 is 9.59 Å². The number of aromatic nitrogens is 8. The maximum Gasteiger partial charge on any atom is 0.240 e. The van der Waals surface area contributed by atoms with Gasteiger partial charge in [-0.15, -0.1) is 15.3 Å². The molecule has 0 spiro atoms. The summed E-state index contributed by atoms with van der Waals surface area (Å²) in [6.45, 7) is 0. The lowest BCUT2D eigenvalue weighted by molar-refractivity contribution is 0.0958. The zero-order chi connectivity index (χ0) is 28.4. The van der Waals surface area contributed by atoms with E-state index < -0.39 is 0 Å². The molecule has 0 aliphatic rings. The van der Waals surface area contributed by atoms with E-state index in [0.29, 0.717) is 18.7 Å². The monoisotopic (exact) mass is 544 g/mol. The Balaban J connectivity index is 0.000000220. The second-order valence-corrected chi connectivity index (χ2v) is 9.87. The van der Waals surface area contributed by atoms with Crippen LogP contribution < -0.4 is 0 Å². The lowest BCUT2D eigenvalue weighted by Gasteiger charge is -2.02. The fourth-order valence-corrected chi connectivity index (χ4v) is 4.31. The molecule has 0 amide bonds. The molecule has 0 atom stereocenters. The van der Waals surface area contributed by atoms with Crippen LogP contribution in [0.15, 0.2) is 60.7 Å². The fourth-order valence-electron chi connectivity index (χ4n) is 4.31. The Morgan fingerprint density at radius 3 is 1.62 bits per heavy atom. The van der Waals surface area contributed by atoms with Gasteiger partial charge in [0.25, 0.3) is 0 Å². The molecular formula is C30H40N8O2. The number of carbonyl (C=O) groups is 2. The molecule has 0 saturated heterocycles. The van der Waals surface area contributed by atoms with E-state index in [1.807, 2.05) is 12.1 Å². The minimum absolute atomic E-state index is 0.0128. The maximum atomic E-state index is 11.8. The van der Waals surface area contributed by atoms with Gasteiger partial charge in [-0.2, -0.15) is 4.80 Å². The Bertz CT molecular complexity index is 1270. The SMILES string of the molecule is Cn1nnc(C(=O)CCCCCCc2ccccc2)n1.Cn1nnnc1C(=O)CCCCCCc1ccccc1. The molecule has 0 aliphatic heterocycles. The average molecular weight is 545 g/mol. The van der Waals surface area contributed by atoms with Gasteiger partial charge >= 0.3 is 0 Å². The van der Waals surface area contributed by atoms with Gasteiger partial charge in [-0.3, -0.25) is 9.59 Å². The lowest BCUT2D eigenvalue weighted by Crippen LogP contribution is -2.08. The van der Waals surface area contributed by atoms with Gasteiger partial charge in [0.15, 0.2) is 0 Å². The molecule has 10 heteroatoms. The highest BCUT2D eigenvalue weighted by molar-refractivity contribution is 5.92. The van der Waals surface area contributed by atoms with Crippen LogP contribution in [-0.4, -0.2) is 52.0 Å². The molecule has 0 saturated carbocycles. The van der Waals surface area contributed by atoms with Gasteiger partial charge in [0, 0.05) is 19.9 Å². The molecule has 4 aromatic rings. The standard InChI is InChI=1S/2C15H20N4O/c1-19-15(16-17-18-19)14(20)12-8-3-2-5-9-13-10-6-4-7-11-13;1-19-17-15(16-18-19)14(20)12-8-3-2-5-9-13-10-6-4-7-11-13/h2*4,6-7,10-11H,2-3,5,8-9,12H2,1H3. The number of hydrogen-bond donors (Lipinski definition) is 0. The van der Waals surface area contributed by atoms with Gasteiger partial charge in [-0.05, 0) is 65.3 Å². The number of ketones is 2. The van der Waals surface area contributed by atoms with Gasteiger partial charge in [-0.25, -0.2) is 4.68 Å². The van der Waals surface area contributed by atoms with E-state index in [2.05, 4.69) is 79.5 Å². The summed E-state index contributed by atoms with van der Waals surface area (Å²) >= 11 is 0. The van der Waals surface area contributed by atoms with Gasteiger partial charge in [0.1, 0.15) is 0 Å². The third-order valence-electron chi connectivity index (χ3n) is 6.55. The van der Waals surface area contributed by atoms with E-state index in [0.717, 1.165) is 51.4 Å². The Hall–Kier alpha value is -4.08. The van der Waals surface area contributed by atoms with Crippen LogP contribution in [0.3, 0.4) is 0 Å². The van der Waals surface area contributed by atoms with Gasteiger partial charge in [-0.1, -0.05) is 86.3 Å². The van der Waals surface area contributed by atoms with Crippen molar-refractivity contribution in [2.45, 2.75) is 77.0 Å². The first-order valence-corrected chi connectivity index (χ1v) is 14.1. The first kappa shape index (κ1) is 30.5. The first-order valence-electron chi connectivity index (χ1n) is 14.1. The summed E-state index contributed by atoms with van der Waals surface area (Å²) in [5.74, 6) is 0.604. The predicted octanol–water partition coefficient (Wildman–Crippen LogP) is 5.17. The van der Waals surface area contributed by atoms with Crippen LogP contribution in [0.25, 0.3) is 0 Å². The number of hydrogen-bond acceptors (Lipinski definition) is 8. The molecule has 0 fully saturated rings. The lowest BCUT2D eigenvalue weighted by atomic mass is 10.0. The van der Waals surface area contributed by atoms with Crippen LogP contribution >= 0.6 is 0 Å². The molecule has 2 aromatic heterocycles. The summed E-state index contributed by atoms with van der Waals surface area (Å²) < 4.78 is 1.43. The maximum absolute atomic E-state index is 11.8. The van der Waals surface area contributed by atoms with E-state index in [4.69, 9.17) is 0 Å². The minimum Gasteiger partial charge on any atom is -0.291 e. The Morgan fingerprint density at radius 1 is 0.625 bits per heavy atom. The molecule has 0 N–H and O–H groups in total. The van der Waals surface area contributed by atoms with Crippen molar-refractivity contribution in [3.8, 4) is 0 Å². The van der Waals surface area contributed by atoms with Crippen LogP contribution in [0.4, 0.5) is 0 Å². The topological polar surface area (TPSA) is 121 Å². The molecular weight excluding hydrogens is 504 g/mol. The highest BCUT2D eigenvalue weighted by atomic mass is 16.1. The number of benzene rings is 2. The molecule has 0 aliphatic carbocycles. The normalized spacial score (nSPS) is 10.7. The largest absolute Gasteiger partial charge is 0.291 e. The number of aryl methyl sites for hydroxylation is 4. The second-order valence-electron chi connectivity index (χ2n) is 9.87. The third-order valence-corrected chi connectivity index (χ3v) is 6.55. The van der Waals surface area contributed by atoms with Crippen LogP contribution in [0.1, 0.15) is 96.6 Å². The smallest absolute Gasteiger partial charge is 0.240 e. The van der Waals surface area contributed by atoms with Crippen molar-refractivity contribution in [1.82, 2.24) is 40.4 Å². The first-order chi connectivity index (χ1) is 19.5. The zero-order valence-corrected chi connectivity index (χ0v) is 23.7. The number of carbonyl (C=O) groups excluding carboxylic acids is 2. The molecule has 212 valence electrons. The quantitative estimate of drug-likeness (QED) is 0.140. The summed E-state index contributed by atoms with van der Waals surface area (Å²) in [7, 11) is 3.35. The van der Waals surface area contributed by atoms with Crippen LogP contribution in [0, 0.1) is 0 Å². The highest BCUT2D eigenvalue weighted by Crippen LogP contribution is 2.11. The summed E-state index contributed by atoms with van der Waals surface area (Å²) in [6, 6.07) is 21.0. The van der Waals surface area contributed by atoms with Crippen LogP contribution in [0.2, 0.25) is 0 Å². The minimum atomic E-state index is -0.0128. The molecule has 40 heavy (non-hydrogen) atoms. The molecule has 0 radical (unpaired) electrons. The molecule has 0 unspecified atom stereocenters. The van der Waals surface area contributed by atoms with Crippen molar-refractivity contribution >= 4 is 11.6 Å². The zero-order valence-electron chi connectivity index (χ0n) is 23.7. The number of rotatable bonds is 16. The van der Waals surface area contributed by atoms with Crippen molar-refractivity contribution in [1.29, 1.82) is 0 Å². The number of nitrogens with zero attached hydrogens (tertiary/aromatic N) is 8. The molecule has 4 rings (SSSR count). The summed E-state index contributed by atoms with van der Waals surface area (Å²) in [4.78, 5) is 24.9. The van der Waals surface area contributed by atoms with Crippen molar-refractivity contribution in [2.75, 3.05) is 0 Å². The van der Waals surface area contributed by atoms with E-state index >= 15 is 0 Å². The third kappa shape index (κ3) is 11.3. The van der Waals surface area contributed by atoms with Crippen molar-refractivity contribution in [3.63, 3.8) is 0 Å². The van der Waals surface area contributed by atoms with Crippen LogP contribution in [-0.2, 0) is 26.9 Å². The van der Waals surface area contributed by atoms with Gasteiger partial charge in [0.2, 0.25) is 23.2 Å². The van der Waals surface area contributed by atoms with E-state index in [-0.39, 0.29) is 17.4 Å². The second kappa shape index (κ2) is 17.5.